The molecule has 0 N–H and O–H groups in total. The predicted octanol–water partition coefficient (Wildman–Crippen LogP) is 1.70. The Kier molecular flexibility index (Phi) is 4.60. The molecule has 0 bridgehead atoms. The van der Waals surface area contributed by atoms with E-state index in [9.17, 15) is 4.79 Å². The number of aromatic nitrogens is 3. The van der Waals surface area contributed by atoms with E-state index in [1.807, 2.05) is 18.2 Å². The van der Waals surface area contributed by atoms with Crippen LogP contribution in [0.2, 0.25) is 0 Å². The first-order valence-corrected chi connectivity index (χ1v) is 6.12. The topological polar surface area (TPSA) is 74.2 Å². The average molecular weight is 273 g/mol. The molecule has 104 valence electrons. The minimum absolute atomic E-state index is 0.136. The van der Waals surface area contributed by atoms with Gasteiger partial charge in [-0.2, -0.15) is 4.98 Å². The van der Waals surface area contributed by atoms with Gasteiger partial charge in [0.2, 0.25) is 11.8 Å². The van der Waals surface area contributed by atoms with Gasteiger partial charge in [-0.05, 0) is 18.6 Å². The summed E-state index contributed by atoms with van der Waals surface area (Å²) in [6.45, 7) is 0. The lowest BCUT2D eigenvalue weighted by Gasteiger charge is -2.07. The van der Waals surface area contributed by atoms with Crippen molar-refractivity contribution in [3.63, 3.8) is 0 Å². The number of hydrogen-bond donors (Lipinski definition) is 0. The maximum Gasteiger partial charge on any atom is 0.246 e. The van der Waals surface area contributed by atoms with Crippen LogP contribution in [0.4, 0.5) is 0 Å². The Morgan fingerprint density at radius 1 is 1.20 bits per heavy atom. The summed E-state index contributed by atoms with van der Waals surface area (Å²) in [5.41, 5.74) is 1.07. The van der Waals surface area contributed by atoms with Crippen molar-refractivity contribution in [2.75, 3.05) is 14.2 Å². The van der Waals surface area contributed by atoms with Crippen molar-refractivity contribution in [3.8, 4) is 11.8 Å². The monoisotopic (exact) mass is 273 g/mol. The van der Waals surface area contributed by atoms with Crippen molar-refractivity contribution < 1.29 is 14.3 Å². The van der Waals surface area contributed by atoms with E-state index in [0.29, 0.717) is 18.7 Å². The van der Waals surface area contributed by atoms with Crippen LogP contribution in [0.3, 0.4) is 0 Å². The summed E-state index contributed by atoms with van der Waals surface area (Å²) in [6.07, 6.45) is 3.95. The van der Waals surface area contributed by atoms with Gasteiger partial charge in [0.15, 0.2) is 11.5 Å². The zero-order valence-corrected chi connectivity index (χ0v) is 11.4. The Bertz CT molecular complexity index is 587. The van der Waals surface area contributed by atoms with Gasteiger partial charge in [-0.3, -0.25) is 9.78 Å². The highest BCUT2D eigenvalue weighted by Gasteiger charge is 2.16. The zero-order chi connectivity index (χ0) is 14.4. The molecule has 0 amide bonds. The number of pyridine rings is 1. The van der Waals surface area contributed by atoms with Crippen LogP contribution in [0.25, 0.3) is 0 Å². The molecule has 0 aliphatic heterocycles. The number of methoxy groups -OCH3 is 2. The third-order valence-electron chi connectivity index (χ3n) is 2.72. The molecule has 0 radical (unpaired) electrons. The fourth-order valence-corrected chi connectivity index (χ4v) is 1.69. The number of hydrogen-bond acceptors (Lipinski definition) is 6. The number of ether oxygens (including phenoxy) is 2. The molecule has 2 heterocycles. The van der Waals surface area contributed by atoms with E-state index in [4.69, 9.17) is 9.47 Å². The number of Topliss-reactive ketones (excluding diaryl/α,β-unsaturated/α-hetero) is 1. The smallest absolute Gasteiger partial charge is 0.246 e. The Hall–Kier alpha value is -2.50. The van der Waals surface area contributed by atoms with E-state index in [2.05, 4.69) is 15.0 Å². The van der Waals surface area contributed by atoms with Crippen molar-refractivity contribution in [1.29, 1.82) is 0 Å². The molecule has 6 nitrogen and oxygen atoms in total. The van der Waals surface area contributed by atoms with Gasteiger partial charge in [0.05, 0.1) is 20.4 Å². The van der Waals surface area contributed by atoms with Crippen LogP contribution >= 0.6 is 0 Å². The van der Waals surface area contributed by atoms with Gasteiger partial charge in [0.1, 0.15) is 0 Å². The molecule has 0 saturated carbocycles. The van der Waals surface area contributed by atoms with Crippen molar-refractivity contribution in [1.82, 2.24) is 15.0 Å². The standard InChI is InChI=1S/C14H15N3O3/c1-19-12-9-16-13(14(17-12)20-2)11(18)7-6-10-5-3-4-8-15-10/h3-5,8-9H,6-7H2,1-2H3. The maximum atomic E-state index is 12.1. The molecular weight excluding hydrogens is 258 g/mol. The molecule has 2 aromatic heterocycles. The first kappa shape index (κ1) is 13.9. The number of carbonyl (C=O) groups is 1. The minimum Gasteiger partial charge on any atom is -0.480 e. The molecule has 0 aliphatic carbocycles. The molecule has 0 spiro atoms. The van der Waals surface area contributed by atoms with Crippen LogP contribution in [-0.4, -0.2) is 35.0 Å². The first-order chi connectivity index (χ1) is 9.74. The van der Waals surface area contributed by atoms with Crippen LogP contribution in [-0.2, 0) is 6.42 Å². The van der Waals surface area contributed by atoms with Gasteiger partial charge in [-0.1, -0.05) is 6.07 Å². The van der Waals surface area contributed by atoms with Gasteiger partial charge >= 0.3 is 0 Å². The Labute approximate surface area is 116 Å². The summed E-state index contributed by atoms with van der Waals surface area (Å²) >= 11 is 0. The molecule has 2 rings (SSSR count). The number of aryl methyl sites for hydroxylation is 1. The number of carbonyl (C=O) groups excluding carboxylic acids is 1. The second-order valence-electron chi connectivity index (χ2n) is 4.01. The summed E-state index contributed by atoms with van der Waals surface area (Å²) in [4.78, 5) is 24.4. The molecule has 0 aliphatic rings. The summed E-state index contributed by atoms with van der Waals surface area (Å²) in [5, 5.41) is 0. The fraction of sp³-hybridized carbons (Fsp3) is 0.286. The minimum atomic E-state index is -0.136. The van der Waals surface area contributed by atoms with Crippen LogP contribution in [0.5, 0.6) is 11.8 Å². The van der Waals surface area contributed by atoms with Crippen LogP contribution < -0.4 is 9.47 Å². The van der Waals surface area contributed by atoms with Gasteiger partial charge in [0.25, 0.3) is 0 Å². The average Bonchev–Trinajstić information content (AvgIpc) is 2.52. The van der Waals surface area contributed by atoms with Crippen molar-refractivity contribution >= 4 is 5.78 Å². The summed E-state index contributed by atoms with van der Waals surface area (Å²) in [7, 11) is 2.92. The normalized spacial score (nSPS) is 10.1. The Morgan fingerprint density at radius 2 is 2.05 bits per heavy atom. The quantitative estimate of drug-likeness (QED) is 0.746. The number of nitrogens with zero attached hydrogens (tertiary/aromatic N) is 3. The van der Waals surface area contributed by atoms with E-state index in [1.54, 1.807) is 6.20 Å². The third-order valence-corrected chi connectivity index (χ3v) is 2.72. The zero-order valence-electron chi connectivity index (χ0n) is 11.4. The van der Waals surface area contributed by atoms with Crippen molar-refractivity contribution in [2.45, 2.75) is 12.8 Å². The van der Waals surface area contributed by atoms with E-state index in [1.165, 1.54) is 20.4 Å². The molecule has 6 heteroatoms. The van der Waals surface area contributed by atoms with Gasteiger partial charge < -0.3 is 9.47 Å². The van der Waals surface area contributed by atoms with Crippen molar-refractivity contribution in [2.24, 2.45) is 0 Å². The molecule has 0 aromatic carbocycles. The second-order valence-corrected chi connectivity index (χ2v) is 4.01. The summed E-state index contributed by atoms with van der Waals surface area (Å²) < 4.78 is 10.0. The highest BCUT2D eigenvalue weighted by atomic mass is 16.5. The van der Waals surface area contributed by atoms with Gasteiger partial charge in [0, 0.05) is 18.3 Å². The van der Waals surface area contributed by atoms with E-state index < -0.39 is 0 Å². The molecule has 0 unspecified atom stereocenters. The lowest BCUT2D eigenvalue weighted by molar-refractivity contribution is 0.0973. The Balaban J connectivity index is 2.09. The van der Waals surface area contributed by atoms with Crippen LogP contribution in [0.15, 0.2) is 30.6 Å². The number of ketones is 1. The Morgan fingerprint density at radius 3 is 2.70 bits per heavy atom. The van der Waals surface area contributed by atoms with Crippen LogP contribution in [0.1, 0.15) is 22.6 Å². The summed E-state index contributed by atoms with van der Waals surface area (Å²) in [5.74, 6) is 0.348. The van der Waals surface area contributed by atoms with Gasteiger partial charge in [-0.15, -0.1) is 0 Å². The fourth-order valence-electron chi connectivity index (χ4n) is 1.69. The van der Waals surface area contributed by atoms with E-state index in [0.717, 1.165) is 5.69 Å². The first-order valence-electron chi connectivity index (χ1n) is 6.12. The van der Waals surface area contributed by atoms with E-state index in [-0.39, 0.29) is 17.4 Å². The molecule has 2 aromatic rings. The molecule has 0 atom stereocenters. The second kappa shape index (κ2) is 6.60. The lowest BCUT2D eigenvalue weighted by Crippen LogP contribution is -2.09. The molecule has 0 fully saturated rings. The predicted molar refractivity (Wildman–Crippen MR) is 72.0 cm³/mol. The highest BCUT2D eigenvalue weighted by molar-refractivity contribution is 5.96. The largest absolute Gasteiger partial charge is 0.480 e. The number of rotatable bonds is 6. The van der Waals surface area contributed by atoms with Gasteiger partial charge in [-0.25, -0.2) is 4.98 Å². The maximum absolute atomic E-state index is 12.1. The molecule has 20 heavy (non-hydrogen) atoms. The molecular formula is C14H15N3O3. The SMILES string of the molecule is COc1cnc(C(=O)CCc2ccccn2)c(OC)n1. The van der Waals surface area contributed by atoms with Crippen LogP contribution in [0, 0.1) is 0 Å². The van der Waals surface area contributed by atoms with E-state index >= 15 is 0 Å². The highest BCUT2D eigenvalue weighted by Crippen LogP contribution is 2.18. The van der Waals surface area contributed by atoms with Crippen molar-refractivity contribution in [3.05, 3.63) is 42.0 Å². The summed E-state index contributed by atoms with van der Waals surface area (Å²) in [6, 6.07) is 5.61. The molecule has 0 saturated heterocycles. The lowest BCUT2D eigenvalue weighted by atomic mass is 10.1. The third kappa shape index (κ3) is 3.28.